The van der Waals surface area contributed by atoms with Crippen LogP contribution in [0.25, 0.3) is 44.8 Å². The van der Waals surface area contributed by atoms with Crippen molar-refractivity contribution >= 4 is 22.1 Å². The monoisotopic (exact) mass is 453 g/mol. The van der Waals surface area contributed by atoms with Gasteiger partial charge in [0.05, 0.1) is 22.1 Å². The molecule has 0 radical (unpaired) electrons. The topological polar surface area (TPSA) is 90.1 Å². The second kappa shape index (κ2) is 8.83. The summed E-state index contributed by atoms with van der Waals surface area (Å²) in [7, 11) is 0. The molecule has 1 aliphatic heterocycles. The molecule has 7 heteroatoms. The van der Waals surface area contributed by atoms with E-state index in [0.717, 1.165) is 57.1 Å². The molecule has 0 unspecified atom stereocenters. The largest absolute Gasteiger partial charge is 0.508 e. The molecule has 2 aromatic heterocycles. The SMILES string of the molecule is Oc1ccc2nc(-c3ccc(-c4nc5ccc(OCCN6CCCCC6)cc5[nH]4)cc3)[nH]c2c1. The molecule has 1 saturated heterocycles. The number of piperidine rings is 1. The number of ether oxygens (including phenoxy) is 1. The number of hydrogen-bond donors (Lipinski definition) is 3. The second-order valence-electron chi connectivity index (χ2n) is 8.88. The number of aromatic nitrogens is 4. The van der Waals surface area contributed by atoms with Crippen LogP contribution in [0.5, 0.6) is 11.5 Å². The molecule has 3 heterocycles. The fourth-order valence-electron chi connectivity index (χ4n) is 4.61. The van der Waals surface area contributed by atoms with Crippen LogP contribution in [0.1, 0.15) is 19.3 Å². The molecule has 1 fully saturated rings. The minimum Gasteiger partial charge on any atom is -0.508 e. The molecule has 1 aliphatic rings. The number of rotatable bonds is 6. The molecule has 0 saturated carbocycles. The maximum Gasteiger partial charge on any atom is 0.138 e. The third-order valence-electron chi connectivity index (χ3n) is 6.48. The van der Waals surface area contributed by atoms with E-state index in [1.165, 1.54) is 32.4 Å². The van der Waals surface area contributed by atoms with E-state index in [-0.39, 0.29) is 5.75 Å². The number of fused-ring (bicyclic) bond motifs is 2. The molecule has 0 amide bonds. The molecule has 6 rings (SSSR count). The van der Waals surface area contributed by atoms with Crippen LogP contribution in [0, 0.1) is 0 Å². The van der Waals surface area contributed by atoms with Crippen molar-refractivity contribution in [1.82, 2.24) is 24.8 Å². The van der Waals surface area contributed by atoms with Gasteiger partial charge in [-0.25, -0.2) is 9.97 Å². The summed E-state index contributed by atoms with van der Waals surface area (Å²) in [5, 5.41) is 9.68. The summed E-state index contributed by atoms with van der Waals surface area (Å²) in [6.45, 7) is 4.05. The van der Waals surface area contributed by atoms with E-state index in [0.29, 0.717) is 6.61 Å². The molecule has 5 aromatic rings. The maximum absolute atomic E-state index is 9.68. The highest BCUT2D eigenvalue weighted by atomic mass is 16.5. The van der Waals surface area contributed by atoms with Crippen LogP contribution >= 0.6 is 0 Å². The summed E-state index contributed by atoms with van der Waals surface area (Å²) in [4.78, 5) is 18.5. The van der Waals surface area contributed by atoms with E-state index in [9.17, 15) is 5.11 Å². The number of aromatic amines is 2. The molecular weight excluding hydrogens is 426 g/mol. The third kappa shape index (κ3) is 4.22. The van der Waals surface area contributed by atoms with Gasteiger partial charge in [-0.2, -0.15) is 0 Å². The van der Waals surface area contributed by atoms with Gasteiger partial charge in [-0.3, -0.25) is 4.90 Å². The minimum atomic E-state index is 0.221. The zero-order valence-corrected chi connectivity index (χ0v) is 18.9. The fraction of sp³-hybridized carbons (Fsp3) is 0.259. The van der Waals surface area contributed by atoms with Crippen molar-refractivity contribution in [3.8, 4) is 34.3 Å². The van der Waals surface area contributed by atoms with Crippen LogP contribution in [0.15, 0.2) is 60.7 Å². The molecule has 3 N–H and O–H groups in total. The van der Waals surface area contributed by atoms with Crippen molar-refractivity contribution in [3.05, 3.63) is 60.7 Å². The number of nitrogens with zero attached hydrogens (tertiary/aromatic N) is 3. The minimum absolute atomic E-state index is 0.221. The van der Waals surface area contributed by atoms with Crippen molar-refractivity contribution in [2.24, 2.45) is 0 Å². The highest BCUT2D eigenvalue weighted by molar-refractivity contribution is 5.82. The number of benzene rings is 3. The lowest BCUT2D eigenvalue weighted by molar-refractivity contribution is 0.183. The number of aromatic hydroxyl groups is 1. The Labute approximate surface area is 197 Å². The zero-order valence-electron chi connectivity index (χ0n) is 18.9. The molecule has 0 bridgehead atoms. The average Bonchev–Trinajstić information content (AvgIpc) is 3.48. The Morgan fingerprint density at radius 2 is 1.38 bits per heavy atom. The normalized spacial score (nSPS) is 14.7. The predicted molar refractivity (Wildman–Crippen MR) is 134 cm³/mol. The first-order valence-electron chi connectivity index (χ1n) is 11.9. The van der Waals surface area contributed by atoms with E-state index in [2.05, 4.69) is 19.9 Å². The van der Waals surface area contributed by atoms with E-state index >= 15 is 0 Å². The van der Waals surface area contributed by atoms with E-state index in [4.69, 9.17) is 9.72 Å². The lowest BCUT2D eigenvalue weighted by atomic mass is 10.1. The van der Waals surface area contributed by atoms with E-state index in [1.54, 1.807) is 18.2 Å². The first-order chi connectivity index (χ1) is 16.7. The Morgan fingerprint density at radius 1 is 0.765 bits per heavy atom. The van der Waals surface area contributed by atoms with Gasteiger partial charge in [0.1, 0.15) is 29.8 Å². The smallest absolute Gasteiger partial charge is 0.138 e. The quantitative estimate of drug-likeness (QED) is 0.323. The van der Waals surface area contributed by atoms with Crippen molar-refractivity contribution in [1.29, 1.82) is 0 Å². The van der Waals surface area contributed by atoms with Gasteiger partial charge in [-0.15, -0.1) is 0 Å². The second-order valence-corrected chi connectivity index (χ2v) is 8.88. The molecule has 0 aliphatic carbocycles. The van der Waals surface area contributed by atoms with Crippen LogP contribution in [-0.4, -0.2) is 56.2 Å². The summed E-state index contributed by atoms with van der Waals surface area (Å²) >= 11 is 0. The van der Waals surface area contributed by atoms with Crippen molar-refractivity contribution in [2.75, 3.05) is 26.2 Å². The summed E-state index contributed by atoms with van der Waals surface area (Å²) < 4.78 is 6.01. The summed E-state index contributed by atoms with van der Waals surface area (Å²) in [5.41, 5.74) is 5.49. The summed E-state index contributed by atoms with van der Waals surface area (Å²) in [6.07, 6.45) is 3.95. The molecule has 7 nitrogen and oxygen atoms in total. The van der Waals surface area contributed by atoms with E-state index in [1.807, 2.05) is 42.5 Å². The molecule has 0 spiro atoms. The van der Waals surface area contributed by atoms with Crippen molar-refractivity contribution in [3.63, 3.8) is 0 Å². The average molecular weight is 454 g/mol. The third-order valence-corrected chi connectivity index (χ3v) is 6.48. The van der Waals surface area contributed by atoms with Gasteiger partial charge in [-0.1, -0.05) is 30.7 Å². The lowest BCUT2D eigenvalue weighted by Crippen LogP contribution is -2.33. The standard InChI is InChI=1S/C27H27N5O2/c33-20-8-10-22-24(16-20)30-26(28-22)18-4-6-19(7-5-18)27-29-23-11-9-21(17-25(23)31-27)34-15-14-32-12-2-1-3-13-32/h4-11,16-17,33H,1-3,12-15H2,(H,28,30)(H,29,31). The number of H-pyrrole nitrogens is 2. The molecule has 3 aromatic carbocycles. The van der Waals surface area contributed by atoms with Gasteiger partial charge < -0.3 is 19.8 Å². The van der Waals surface area contributed by atoms with Crippen LogP contribution in [0.4, 0.5) is 0 Å². The number of nitrogens with one attached hydrogen (secondary N) is 2. The first-order valence-corrected chi connectivity index (χ1v) is 11.9. The van der Waals surface area contributed by atoms with Gasteiger partial charge in [0, 0.05) is 29.8 Å². The molecule has 172 valence electrons. The first kappa shape index (κ1) is 20.7. The van der Waals surface area contributed by atoms with Gasteiger partial charge in [0.25, 0.3) is 0 Å². The Morgan fingerprint density at radius 3 is 2.06 bits per heavy atom. The Bertz CT molecular complexity index is 1430. The summed E-state index contributed by atoms with van der Waals surface area (Å²) in [5.74, 6) is 2.68. The Hall–Kier alpha value is -3.84. The van der Waals surface area contributed by atoms with Gasteiger partial charge in [0.15, 0.2) is 0 Å². The zero-order chi connectivity index (χ0) is 22.9. The highest BCUT2D eigenvalue weighted by Gasteiger charge is 2.11. The van der Waals surface area contributed by atoms with Gasteiger partial charge in [0.2, 0.25) is 0 Å². The number of phenolic OH excluding ortho intramolecular Hbond substituents is 1. The Kier molecular flexibility index (Phi) is 5.39. The van der Waals surface area contributed by atoms with Crippen LogP contribution in [0.2, 0.25) is 0 Å². The summed E-state index contributed by atoms with van der Waals surface area (Å²) in [6, 6.07) is 19.3. The van der Waals surface area contributed by atoms with Crippen LogP contribution in [-0.2, 0) is 0 Å². The lowest BCUT2D eigenvalue weighted by Gasteiger charge is -2.26. The Balaban J connectivity index is 1.17. The molecular formula is C27H27N5O2. The predicted octanol–water partition coefficient (Wildman–Crippen LogP) is 5.34. The molecule has 34 heavy (non-hydrogen) atoms. The number of imidazole rings is 2. The number of likely N-dealkylation sites (tertiary alicyclic amines) is 1. The van der Waals surface area contributed by atoms with Crippen LogP contribution < -0.4 is 4.74 Å². The van der Waals surface area contributed by atoms with Crippen LogP contribution in [0.3, 0.4) is 0 Å². The van der Waals surface area contributed by atoms with Crippen molar-refractivity contribution < 1.29 is 9.84 Å². The highest BCUT2D eigenvalue weighted by Crippen LogP contribution is 2.27. The van der Waals surface area contributed by atoms with Gasteiger partial charge in [-0.05, 0) is 50.2 Å². The molecule has 0 atom stereocenters. The van der Waals surface area contributed by atoms with E-state index < -0.39 is 0 Å². The maximum atomic E-state index is 9.68. The van der Waals surface area contributed by atoms with Crippen molar-refractivity contribution in [2.45, 2.75) is 19.3 Å². The fourth-order valence-corrected chi connectivity index (χ4v) is 4.61. The number of hydrogen-bond acceptors (Lipinski definition) is 5. The number of phenols is 1. The van der Waals surface area contributed by atoms with Gasteiger partial charge >= 0.3 is 0 Å².